The van der Waals surface area contributed by atoms with E-state index in [1.165, 1.54) is 0 Å². The summed E-state index contributed by atoms with van der Waals surface area (Å²) in [7, 11) is 0. The van der Waals surface area contributed by atoms with Gasteiger partial charge in [-0.3, -0.25) is 4.79 Å². The zero-order valence-corrected chi connectivity index (χ0v) is 7.32. The smallest absolute Gasteiger partial charge is 0.225 e. The third-order valence-corrected chi connectivity index (χ3v) is 1.83. The van der Waals surface area contributed by atoms with Gasteiger partial charge in [-0.05, 0) is 6.92 Å². The van der Waals surface area contributed by atoms with Crippen LogP contribution in [0.15, 0.2) is 0 Å². The molecular formula is C8H15NO3. The third-order valence-electron chi connectivity index (χ3n) is 1.83. The molecule has 1 rings (SSSR count). The fraction of sp³-hybridized carbons (Fsp3) is 0.875. The first-order valence-electron chi connectivity index (χ1n) is 4.23. The van der Waals surface area contributed by atoms with Crippen LogP contribution in [0.4, 0.5) is 0 Å². The molecule has 1 fully saturated rings. The molecule has 70 valence electrons. The second kappa shape index (κ2) is 4.42. The van der Waals surface area contributed by atoms with Crippen LogP contribution in [0.25, 0.3) is 0 Å². The molecule has 0 aromatic carbocycles. The van der Waals surface area contributed by atoms with Crippen molar-refractivity contribution in [2.45, 2.75) is 19.4 Å². The molecule has 1 atom stereocenters. The predicted octanol–water partition coefficient (Wildman–Crippen LogP) is -0.384. The van der Waals surface area contributed by atoms with Gasteiger partial charge >= 0.3 is 0 Å². The van der Waals surface area contributed by atoms with E-state index in [4.69, 9.17) is 9.84 Å². The van der Waals surface area contributed by atoms with Crippen molar-refractivity contribution in [1.29, 1.82) is 0 Å². The molecule has 0 radical (unpaired) electrons. The van der Waals surface area contributed by atoms with Crippen molar-refractivity contribution in [2.75, 3.05) is 26.3 Å². The molecule has 0 saturated carbocycles. The number of nitrogens with zero attached hydrogens (tertiary/aromatic N) is 1. The molecule has 0 spiro atoms. The Morgan fingerprint density at radius 2 is 2.17 bits per heavy atom. The maximum absolute atomic E-state index is 11.3. The number of ether oxygens (including phenoxy) is 1. The molecule has 0 aromatic rings. The molecule has 1 heterocycles. The number of aliphatic hydroxyl groups is 1. The Morgan fingerprint density at radius 3 is 2.67 bits per heavy atom. The molecule has 4 nitrogen and oxygen atoms in total. The molecule has 0 unspecified atom stereocenters. The highest BCUT2D eigenvalue weighted by molar-refractivity contribution is 5.76. The van der Waals surface area contributed by atoms with Crippen LogP contribution < -0.4 is 0 Å². The van der Waals surface area contributed by atoms with Crippen LogP contribution in [0.3, 0.4) is 0 Å². The summed E-state index contributed by atoms with van der Waals surface area (Å²) in [5, 5.41) is 8.97. The number of rotatable bonds is 2. The first-order valence-corrected chi connectivity index (χ1v) is 4.23. The highest BCUT2D eigenvalue weighted by Crippen LogP contribution is 2.01. The van der Waals surface area contributed by atoms with Crippen molar-refractivity contribution in [3.63, 3.8) is 0 Å². The minimum Gasteiger partial charge on any atom is -0.393 e. The van der Waals surface area contributed by atoms with Gasteiger partial charge < -0.3 is 14.7 Å². The lowest BCUT2D eigenvalue weighted by Crippen LogP contribution is -2.41. The summed E-state index contributed by atoms with van der Waals surface area (Å²) >= 11 is 0. The number of hydrogen-bond donors (Lipinski definition) is 1. The molecule has 1 aliphatic heterocycles. The zero-order valence-electron chi connectivity index (χ0n) is 7.32. The summed E-state index contributed by atoms with van der Waals surface area (Å²) < 4.78 is 5.10. The third kappa shape index (κ3) is 2.79. The lowest BCUT2D eigenvalue weighted by Gasteiger charge is -2.27. The first-order chi connectivity index (χ1) is 5.70. The fourth-order valence-electron chi connectivity index (χ4n) is 1.19. The van der Waals surface area contributed by atoms with Crippen molar-refractivity contribution >= 4 is 5.91 Å². The highest BCUT2D eigenvalue weighted by Gasteiger charge is 2.17. The minimum absolute atomic E-state index is 0.0216. The Hall–Kier alpha value is -0.610. The number of amides is 1. The van der Waals surface area contributed by atoms with Gasteiger partial charge in [0.25, 0.3) is 0 Å². The van der Waals surface area contributed by atoms with E-state index in [9.17, 15) is 4.79 Å². The van der Waals surface area contributed by atoms with Gasteiger partial charge in [-0.1, -0.05) is 0 Å². The van der Waals surface area contributed by atoms with E-state index in [2.05, 4.69) is 0 Å². The molecule has 1 amide bonds. The van der Waals surface area contributed by atoms with Crippen LogP contribution >= 0.6 is 0 Å². The van der Waals surface area contributed by atoms with Crippen LogP contribution in [0, 0.1) is 0 Å². The molecule has 0 bridgehead atoms. The number of aliphatic hydroxyl groups excluding tert-OH is 1. The molecular weight excluding hydrogens is 158 g/mol. The Bertz CT molecular complexity index is 152. The SMILES string of the molecule is C[C@H](O)CC(=O)N1CCOCC1. The largest absolute Gasteiger partial charge is 0.393 e. The van der Waals surface area contributed by atoms with Crippen LogP contribution in [0.1, 0.15) is 13.3 Å². The van der Waals surface area contributed by atoms with Gasteiger partial charge in [-0.25, -0.2) is 0 Å². The Balaban J connectivity index is 2.30. The molecule has 12 heavy (non-hydrogen) atoms. The molecule has 1 N–H and O–H groups in total. The van der Waals surface area contributed by atoms with Crippen molar-refractivity contribution < 1.29 is 14.6 Å². The van der Waals surface area contributed by atoms with E-state index in [1.807, 2.05) is 0 Å². The summed E-state index contributed by atoms with van der Waals surface area (Å²) in [4.78, 5) is 13.1. The average molecular weight is 173 g/mol. The van der Waals surface area contributed by atoms with Crippen LogP contribution in [0.2, 0.25) is 0 Å². The number of carbonyl (C=O) groups excluding carboxylic acids is 1. The molecule has 4 heteroatoms. The van der Waals surface area contributed by atoms with Crippen LogP contribution in [-0.2, 0) is 9.53 Å². The topological polar surface area (TPSA) is 49.8 Å². The molecule has 1 aliphatic rings. The lowest BCUT2D eigenvalue weighted by molar-refractivity contribution is -0.137. The number of hydrogen-bond acceptors (Lipinski definition) is 3. The van der Waals surface area contributed by atoms with E-state index in [0.29, 0.717) is 26.3 Å². The van der Waals surface area contributed by atoms with Gasteiger partial charge in [-0.15, -0.1) is 0 Å². The van der Waals surface area contributed by atoms with Gasteiger partial charge in [0.05, 0.1) is 25.7 Å². The zero-order chi connectivity index (χ0) is 8.97. The lowest BCUT2D eigenvalue weighted by atomic mass is 10.2. The standard InChI is InChI=1S/C8H15NO3/c1-7(10)6-8(11)9-2-4-12-5-3-9/h7,10H,2-6H2,1H3/t7-/m0/s1. The van der Waals surface area contributed by atoms with Crippen molar-refractivity contribution in [3.8, 4) is 0 Å². The normalized spacial score (nSPS) is 20.7. The van der Waals surface area contributed by atoms with Gasteiger partial charge in [-0.2, -0.15) is 0 Å². The summed E-state index contributed by atoms with van der Waals surface area (Å²) in [6, 6.07) is 0. The van der Waals surface area contributed by atoms with E-state index in [-0.39, 0.29) is 12.3 Å². The monoisotopic (exact) mass is 173 g/mol. The minimum atomic E-state index is -0.541. The van der Waals surface area contributed by atoms with Gasteiger partial charge in [0.2, 0.25) is 5.91 Å². The Labute approximate surface area is 72.1 Å². The van der Waals surface area contributed by atoms with E-state index in [1.54, 1.807) is 11.8 Å². The first kappa shape index (κ1) is 9.48. The Morgan fingerprint density at radius 1 is 1.58 bits per heavy atom. The van der Waals surface area contributed by atoms with Crippen molar-refractivity contribution in [2.24, 2.45) is 0 Å². The summed E-state index contributed by atoms with van der Waals surface area (Å²) in [6.07, 6.45) is -0.319. The number of morpholine rings is 1. The van der Waals surface area contributed by atoms with Crippen molar-refractivity contribution in [3.05, 3.63) is 0 Å². The van der Waals surface area contributed by atoms with Gasteiger partial charge in [0, 0.05) is 13.1 Å². The summed E-state index contributed by atoms with van der Waals surface area (Å²) in [5.74, 6) is 0.0216. The maximum atomic E-state index is 11.3. The average Bonchev–Trinajstić information content (AvgIpc) is 2.05. The van der Waals surface area contributed by atoms with E-state index in [0.717, 1.165) is 0 Å². The summed E-state index contributed by atoms with van der Waals surface area (Å²) in [6.45, 7) is 4.17. The highest BCUT2D eigenvalue weighted by atomic mass is 16.5. The number of carbonyl (C=O) groups is 1. The second-order valence-corrected chi connectivity index (χ2v) is 3.05. The van der Waals surface area contributed by atoms with E-state index >= 15 is 0 Å². The predicted molar refractivity (Wildman–Crippen MR) is 43.7 cm³/mol. The quantitative estimate of drug-likeness (QED) is 0.619. The van der Waals surface area contributed by atoms with Crippen molar-refractivity contribution in [1.82, 2.24) is 4.90 Å². The summed E-state index contributed by atoms with van der Waals surface area (Å²) in [5.41, 5.74) is 0. The van der Waals surface area contributed by atoms with Gasteiger partial charge in [0.1, 0.15) is 0 Å². The molecule has 0 aliphatic carbocycles. The van der Waals surface area contributed by atoms with Crippen LogP contribution in [-0.4, -0.2) is 48.3 Å². The Kier molecular flexibility index (Phi) is 3.49. The molecule has 1 saturated heterocycles. The maximum Gasteiger partial charge on any atom is 0.225 e. The fourth-order valence-corrected chi connectivity index (χ4v) is 1.19. The second-order valence-electron chi connectivity index (χ2n) is 3.05. The molecule has 0 aromatic heterocycles. The van der Waals surface area contributed by atoms with E-state index < -0.39 is 6.10 Å². The van der Waals surface area contributed by atoms with Crippen LogP contribution in [0.5, 0.6) is 0 Å². The van der Waals surface area contributed by atoms with Gasteiger partial charge in [0.15, 0.2) is 0 Å².